The highest BCUT2D eigenvalue weighted by Crippen LogP contribution is 2.24. The summed E-state index contributed by atoms with van der Waals surface area (Å²) in [6, 6.07) is 0. The van der Waals surface area contributed by atoms with Crippen molar-refractivity contribution >= 4 is 0 Å². The lowest BCUT2D eigenvalue weighted by Gasteiger charge is -2.17. The molecule has 1 unspecified atom stereocenters. The molecule has 0 aliphatic rings. The molecule has 0 saturated heterocycles. The minimum atomic E-state index is -4.46. The molecule has 0 spiro atoms. The number of halogens is 4. The number of aliphatic hydroxyl groups excluding tert-OH is 1. The zero-order valence-corrected chi connectivity index (χ0v) is 6.44. The largest absolute Gasteiger partial charge is 0.416 e. The summed E-state index contributed by atoms with van der Waals surface area (Å²) in [6.07, 6.45) is -9.27. The Bertz CT molecular complexity index is 129. The molecule has 1 atom stereocenters. The van der Waals surface area contributed by atoms with Gasteiger partial charge in [-0.1, -0.05) is 6.92 Å². The summed E-state index contributed by atoms with van der Waals surface area (Å²) in [6.45, 7) is 0.738. The van der Waals surface area contributed by atoms with Crippen LogP contribution in [0.3, 0.4) is 0 Å². The molecular formula is C6H10F4O2. The molecule has 6 heteroatoms. The molecule has 0 saturated carbocycles. The van der Waals surface area contributed by atoms with Crippen molar-refractivity contribution in [3.05, 3.63) is 0 Å². The van der Waals surface area contributed by atoms with Crippen LogP contribution >= 0.6 is 0 Å². The van der Waals surface area contributed by atoms with Crippen molar-refractivity contribution in [1.82, 2.24) is 0 Å². The van der Waals surface area contributed by atoms with Crippen LogP contribution in [0, 0.1) is 0 Å². The van der Waals surface area contributed by atoms with Crippen LogP contribution in [0.5, 0.6) is 0 Å². The molecule has 1 N–H and O–H groups in total. The van der Waals surface area contributed by atoms with E-state index in [1.165, 1.54) is 6.92 Å². The smallest absolute Gasteiger partial charge is 0.391 e. The van der Waals surface area contributed by atoms with Gasteiger partial charge in [-0.25, -0.2) is 8.78 Å². The molecule has 0 heterocycles. The van der Waals surface area contributed by atoms with Gasteiger partial charge in [0.05, 0.1) is 12.7 Å². The fourth-order valence-electron chi connectivity index (χ4n) is 0.388. The number of hydrogen-bond donors (Lipinski definition) is 1. The van der Waals surface area contributed by atoms with Gasteiger partial charge < -0.3 is 9.84 Å². The van der Waals surface area contributed by atoms with Gasteiger partial charge in [-0.05, 0) is 6.42 Å². The third kappa shape index (κ3) is 3.87. The molecule has 74 valence electrons. The van der Waals surface area contributed by atoms with Gasteiger partial charge in [0.25, 0.3) is 0 Å². The van der Waals surface area contributed by atoms with E-state index < -0.39 is 25.2 Å². The Morgan fingerprint density at radius 1 is 1.42 bits per heavy atom. The lowest BCUT2D eigenvalue weighted by atomic mass is 10.3. The normalized spacial score (nSPS) is 15.2. The van der Waals surface area contributed by atoms with Gasteiger partial charge in [-0.2, -0.15) is 8.78 Å². The van der Waals surface area contributed by atoms with Gasteiger partial charge in [-0.3, -0.25) is 0 Å². The van der Waals surface area contributed by atoms with Crippen LogP contribution in [0.4, 0.5) is 17.6 Å². The summed E-state index contributed by atoms with van der Waals surface area (Å²) in [5.74, 6) is 0. The Kier molecular flexibility index (Phi) is 4.47. The SMILES string of the molecule is CCC(O)COC(F)(F)C(F)F. The van der Waals surface area contributed by atoms with Crippen LogP contribution in [0.1, 0.15) is 13.3 Å². The Morgan fingerprint density at radius 3 is 2.25 bits per heavy atom. The highest BCUT2D eigenvalue weighted by atomic mass is 19.3. The van der Waals surface area contributed by atoms with Crippen molar-refractivity contribution in [2.45, 2.75) is 32.0 Å². The second kappa shape index (κ2) is 4.61. The summed E-state index contributed by atoms with van der Waals surface area (Å²) in [5, 5.41) is 8.70. The maximum atomic E-state index is 12.0. The van der Waals surface area contributed by atoms with Crippen LogP contribution in [-0.2, 0) is 4.74 Å². The predicted octanol–water partition coefficient (Wildman–Crippen LogP) is 1.63. The van der Waals surface area contributed by atoms with E-state index in [0.717, 1.165) is 0 Å². The maximum Gasteiger partial charge on any atom is 0.416 e. The molecule has 0 rings (SSSR count). The van der Waals surface area contributed by atoms with Crippen LogP contribution in [-0.4, -0.2) is 30.4 Å². The third-order valence-electron chi connectivity index (χ3n) is 1.19. The van der Waals surface area contributed by atoms with Crippen molar-refractivity contribution < 1.29 is 27.4 Å². The maximum absolute atomic E-state index is 12.0. The summed E-state index contributed by atoms with van der Waals surface area (Å²) in [4.78, 5) is 0. The molecule has 0 aromatic carbocycles. The molecule has 0 aromatic heterocycles. The first kappa shape index (κ1) is 11.6. The average Bonchev–Trinajstić information content (AvgIpc) is 2.00. The molecule has 0 fully saturated rings. The number of ether oxygens (including phenoxy) is 1. The van der Waals surface area contributed by atoms with E-state index in [4.69, 9.17) is 5.11 Å². The predicted molar refractivity (Wildman–Crippen MR) is 33.2 cm³/mol. The lowest BCUT2D eigenvalue weighted by Crippen LogP contribution is -2.33. The first-order valence-corrected chi connectivity index (χ1v) is 3.38. The highest BCUT2D eigenvalue weighted by molar-refractivity contribution is 4.57. The van der Waals surface area contributed by atoms with Gasteiger partial charge in [0.2, 0.25) is 0 Å². The Balaban J connectivity index is 3.75. The minimum absolute atomic E-state index is 0.180. The van der Waals surface area contributed by atoms with Gasteiger partial charge >= 0.3 is 12.5 Å². The van der Waals surface area contributed by atoms with Gasteiger partial charge in [-0.15, -0.1) is 0 Å². The fraction of sp³-hybridized carbons (Fsp3) is 1.00. The summed E-state index contributed by atoms with van der Waals surface area (Å²) in [5.41, 5.74) is 0. The first-order chi connectivity index (χ1) is 5.40. The van der Waals surface area contributed by atoms with Crippen molar-refractivity contribution in [1.29, 1.82) is 0 Å². The highest BCUT2D eigenvalue weighted by Gasteiger charge is 2.42. The molecule has 2 nitrogen and oxygen atoms in total. The Morgan fingerprint density at radius 2 is 1.92 bits per heavy atom. The van der Waals surface area contributed by atoms with Gasteiger partial charge in [0, 0.05) is 0 Å². The molecule has 0 aliphatic carbocycles. The second-order valence-corrected chi connectivity index (χ2v) is 2.24. The van der Waals surface area contributed by atoms with E-state index in [1.54, 1.807) is 0 Å². The molecule has 12 heavy (non-hydrogen) atoms. The van der Waals surface area contributed by atoms with Crippen LogP contribution < -0.4 is 0 Å². The topological polar surface area (TPSA) is 29.5 Å². The fourth-order valence-corrected chi connectivity index (χ4v) is 0.388. The van der Waals surface area contributed by atoms with Crippen LogP contribution in [0.2, 0.25) is 0 Å². The third-order valence-corrected chi connectivity index (χ3v) is 1.19. The summed E-state index contributed by atoms with van der Waals surface area (Å²) < 4.78 is 50.3. The van der Waals surface area contributed by atoms with Crippen molar-refractivity contribution in [3.63, 3.8) is 0 Å². The first-order valence-electron chi connectivity index (χ1n) is 3.38. The number of alkyl halides is 4. The van der Waals surface area contributed by atoms with Crippen molar-refractivity contribution in [2.75, 3.05) is 6.61 Å². The lowest BCUT2D eigenvalue weighted by molar-refractivity contribution is -0.306. The number of aliphatic hydroxyl groups is 1. The van der Waals surface area contributed by atoms with Gasteiger partial charge in [0.15, 0.2) is 0 Å². The molecular weight excluding hydrogens is 180 g/mol. The summed E-state index contributed by atoms with van der Waals surface area (Å²) in [7, 11) is 0. The molecule has 0 amide bonds. The quantitative estimate of drug-likeness (QED) is 0.667. The van der Waals surface area contributed by atoms with Crippen molar-refractivity contribution in [3.8, 4) is 0 Å². The Hall–Kier alpha value is -0.360. The van der Waals surface area contributed by atoms with Crippen LogP contribution in [0.25, 0.3) is 0 Å². The van der Waals surface area contributed by atoms with Crippen LogP contribution in [0.15, 0.2) is 0 Å². The van der Waals surface area contributed by atoms with E-state index in [-0.39, 0.29) is 6.42 Å². The minimum Gasteiger partial charge on any atom is -0.391 e. The molecule has 0 radical (unpaired) electrons. The van der Waals surface area contributed by atoms with E-state index >= 15 is 0 Å². The zero-order chi connectivity index (χ0) is 9.78. The summed E-state index contributed by atoms with van der Waals surface area (Å²) >= 11 is 0. The van der Waals surface area contributed by atoms with E-state index in [1.807, 2.05) is 0 Å². The van der Waals surface area contributed by atoms with Crippen molar-refractivity contribution in [2.24, 2.45) is 0 Å². The van der Waals surface area contributed by atoms with E-state index in [2.05, 4.69) is 4.74 Å². The Labute approximate surface area is 67.1 Å². The van der Waals surface area contributed by atoms with E-state index in [9.17, 15) is 17.6 Å². The van der Waals surface area contributed by atoms with Gasteiger partial charge in [0.1, 0.15) is 0 Å². The van der Waals surface area contributed by atoms with E-state index in [0.29, 0.717) is 0 Å². The number of hydrogen-bond acceptors (Lipinski definition) is 2. The molecule has 0 aromatic rings. The molecule has 0 bridgehead atoms. The molecule has 0 aliphatic heterocycles. The zero-order valence-electron chi connectivity index (χ0n) is 6.44. The number of rotatable bonds is 5. The second-order valence-electron chi connectivity index (χ2n) is 2.24. The standard InChI is InChI=1S/C6H10F4O2/c1-2-4(11)3-12-6(9,10)5(7)8/h4-5,11H,2-3H2,1H3. The average molecular weight is 190 g/mol. The monoisotopic (exact) mass is 190 g/mol.